The standard InChI is InChI=1S/C12H23N.2C7H6O2.C6H13N/c1-3-7-11(8-4-1)13-12-9-5-2-6-10-12;2*8-7(9)6-4-2-1-3-5-6;7-6-4-2-1-3-5-6/h11-13H,1-10H2;2*1-5H,(H,8,9);6H,1-5,7H2. The smallest absolute Gasteiger partial charge is 0.335 e. The van der Waals surface area contributed by atoms with Gasteiger partial charge in [0.2, 0.25) is 0 Å². The van der Waals surface area contributed by atoms with Crippen molar-refractivity contribution in [3.05, 3.63) is 71.8 Å². The van der Waals surface area contributed by atoms with Crippen molar-refractivity contribution < 1.29 is 19.8 Å². The second kappa shape index (κ2) is 19.4. The first-order valence-electron chi connectivity index (χ1n) is 14.5. The van der Waals surface area contributed by atoms with Crippen molar-refractivity contribution in [2.24, 2.45) is 5.73 Å². The quantitative estimate of drug-likeness (QED) is 0.334. The zero-order valence-corrected chi connectivity index (χ0v) is 22.9. The Morgan fingerprint density at radius 1 is 0.553 bits per heavy atom. The first kappa shape index (κ1) is 31.5. The summed E-state index contributed by atoms with van der Waals surface area (Å²) in [5.74, 6) is -1.76. The minimum Gasteiger partial charge on any atom is -0.478 e. The zero-order chi connectivity index (χ0) is 27.4. The molecule has 0 saturated heterocycles. The van der Waals surface area contributed by atoms with Crippen LogP contribution in [0, 0.1) is 0 Å². The van der Waals surface area contributed by atoms with Crippen LogP contribution in [0.1, 0.15) is 117 Å². The molecule has 0 unspecified atom stereocenters. The molecule has 0 amide bonds. The average Bonchev–Trinajstić information content (AvgIpc) is 2.97. The molecule has 0 heterocycles. The molecule has 0 aliphatic heterocycles. The summed E-state index contributed by atoms with van der Waals surface area (Å²) in [5.41, 5.74) is 6.30. The van der Waals surface area contributed by atoms with Crippen molar-refractivity contribution in [3.8, 4) is 0 Å². The van der Waals surface area contributed by atoms with Gasteiger partial charge < -0.3 is 21.3 Å². The summed E-state index contributed by atoms with van der Waals surface area (Å²) in [6.07, 6.45) is 21.2. The predicted molar refractivity (Wildman–Crippen MR) is 155 cm³/mol. The number of aromatic carboxylic acids is 2. The fraction of sp³-hybridized carbons (Fsp3) is 0.562. The van der Waals surface area contributed by atoms with Crippen LogP contribution < -0.4 is 11.1 Å². The van der Waals surface area contributed by atoms with Crippen LogP contribution in [0.5, 0.6) is 0 Å². The van der Waals surface area contributed by atoms with Crippen LogP contribution in [0.2, 0.25) is 0 Å². The van der Waals surface area contributed by atoms with Crippen molar-refractivity contribution in [2.75, 3.05) is 0 Å². The summed E-state index contributed by atoms with van der Waals surface area (Å²) in [6, 6.07) is 18.9. The number of carboxylic acid groups (broad SMARTS) is 2. The maximum atomic E-state index is 10.2. The number of rotatable bonds is 4. The van der Waals surface area contributed by atoms with Crippen molar-refractivity contribution in [3.63, 3.8) is 0 Å². The van der Waals surface area contributed by atoms with Crippen LogP contribution in [0.25, 0.3) is 0 Å². The van der Waals surface area contributed by atoms with E-state index >= 15 is 0 Å². The molecule has 5 rings (SSSR count). The molecule has 0 radical (unpaired) electrons. The SMILES string of the molecule is C1CCC(NC2CCCCC2)CC1.NC1CCCCC1.O=C(O)c1ccccc1.O=C(O)c1ccccc1. The van der Waals surface area contributed by atoms with Crippen molar-refractivity contribution >= 4 is 11.9 Å². The molecular formula is C32H48N2O4. The van der Waals surface area contributed by atoms with E-state index in [4.69, 9.17) is 15.9 Å². The topological polar surface area (TPSA) is 113 Å². The van der Waals surface area contributed by atoms with Crippen LogP contribution >= 0.6 is 0 Å². The van der Waals surface area contributed by atoms with E-state index in [9.17, 15) is 9.59 Å². The molecule has 5 N–H and O–H groups in total. The summed E-state index contributed by atoms with van der Waals surface area (Å²) in [7, 11) is 0. The van der Waals surface area contributed by atoms with Gasteiger partial charge in [0.15, 0.2) is 0 Å². The number of hydrogen-bond acceptors (Lipinski definition) is 4. The number of carbonyl (C=O) groups is 2. The molecular weight excluding hydrogens is 476 g/mol. The molecule has 0 bridgehead atoms. The molecule has 0 spiro atoms. The number of nitrogens with two attached hydrogens (primary N) is 1. The van der Waals surface area contributed by atoms with Gasteiger partial charge in [0.1, 0.15) is 0 Å². The van der Waals surface area contributed by atoms with Gasteiger partial charge in [-0.05, 0) is 62.8 Å². The van der Waals surface area contributed by atoms with E-state index in [1.807, 2.05) is 0 Å². The molecule has 3 aliphatic rings. The number of carboxylic acids is 2. The van der Waals surface area contributed by atoms with Crippen LogP contribution in [0.15, 0.2) is 60.7 Å². The molecule has 2 aromatic carbocycles. The first-order chi connectivity index (χ1) is 18.5. The van der Waals surface area contributed by atoms with E-state index in [1.165, 1.54) is 96.3 Å². The summed E-state index contributed by atoms with van der Waals surface area (Å²) < 4.78 is 0. The third-order valence-corrected chi connectivity index (χ3v) is 7.37. The summed E-state index contributed by atoms with van der Waals surface area (Å²) in [4.78, 5) is 20.4. The van der Waals surface area contributed by atoms with Crippen LogP contribution in [-0.4, -0.2) is 40.3 Å². The van der Waals surface area contributed by atoms with Gasteiger partial charge in [0, 0.05) is 18.1 Å². The zero-order valence-electron chi connectivity index (χ0n) is 22.9. The van der Waals surface area contributed by atoms with E-state index in [0.717, 1.165) is 12.1 Å². The minimum atomic E-state index is -0.879. The van der Waals surface area contributed by atoms with Gasteiger partial charge >= 0.3 is 11.9 Å². The lowest BCUT2D eigenvalue weighted by Gasteiger charge is -2.30. The van der Waals surface area contributed by atoms with Gasteiger partial charge in [-0.25, -0.2) is 9.59 Å². The highest BCUT2D eigenvalue weighted by Crippen LogP contribution is 2.22. The Balaban J connectivity index is 0.000000183. The lowest BCUT2D eigenvalue weighted by molar-refractivity contribution is 0.0686. The van der Waals surface area contributed by atoms with Crippen molar-refractivity contribution in [1.82, 2.24) is 5.32 Å². The normalized spacial score (nSPS) is 18.3. The second-order valence-corrected chi connectivity index (χ2v) is 10.6. The highest BCUT2D eigenvalue weighted by molar-refractivity contribution is 5.87. The molecule has 38 heavy (non-hydrogen) atoms. The van der Waals surface area contributed by atoms with E-state index in [1.54, 1.807) is 60.7 Å². The van der Waals surface area contributed by atoms with E-state index in [-0.39, 0.29) is 0 Å². The van der Waals surface area contributed by atoms with Crippen molar-refractivity contribution in [2.45, 2.75) is 114 Å². The highest BCUT2D eigenvalue weighted by Gasteiger charge is 2.19. The lowest BCUT2D eigenvalue weighted by atomic mass is 9.91. The number of nitrogens with one attached hydrogen (secondary N) is 1. The summed E-state index contributed by atoms with van der Waals surface area (Å²) >= 11 is 0. The van der Waals surface area contributed by atoms with E-state index in [2.05, 4.69) is 5.32 Å². The van der Waals surface area contributed by atoms with Crippen LogP contribution in [0.4, 0.5) is 0 Å². The Kier molecular flexibility index (Phi) is 16.1. The van der Waals surface area contributed by atoms with Gasteiger partial charge in [-0.3, -0.25) is 0 Å². The maximum Gasteiger partial charge on any atom is 0.335 e. The molecule has 3 aliphatic carbocycles. The molecule has 210 valence electrons. The molecule has 3 saturated carbocycles. The first-order valence-corrected chi connectivity index (χ1v) is 14.5. The molecule has 3 fully saturated rings. The van der Waals surface area contributed by atoms with Gasteiger partial charge in [0.05, 0.1) is 11.1 Å². The summed E-state index contributed by atoms with van der Waals surface area (Å²) in [6.45, 7) is 0. The van der Waals surface area contributed by atoms with Gasteiger partial charge in [-0.15, -0.1) is 0 Å². The fourth-order valence-corrected chi connectivity index (χ4v) is 5.17. The Bertz CT molecular complexity index is 807. The monoisotopic (exact) mass is 524 g/mol. The summed E-state index contributed by atoms with van der Waals surface area (Å²) in [5, 5.41) is 20.6. The van der Waals surface area contributed by atoms with Gasteiger partial charge in [-0.2, -0.15) is 0 Å². The maximum absolute atomic E-state index is 10.2. The Morgan fingerprint density at radius 2 is 0.868 bits per heavy atom. The highest BCUT2D eigenvalue weighted by atomic mass is 16.4. The molecule has 2 aromatic rings. The third kappa shape index (κ3) is 14.3. The lowest BCUT2D eigenvalue weighted by Crippen LogP contribution is -2.40. The molecule has 6 heteroatoms. The second-order valence-electron chi connectivity index (χ2n) is 10.6. The molecule has 0 aromatic heterocycles. The van der Waals surface area contributed by atoms with Gasteiger partial charge in [-0.1, -0.05) is 94.2 Å². The predicted octanol–water partition coefficient (Wildman–Crippen LogP) is 7.29. The Hall–Kier alpha value is -2.70. The minimum absolute atomic E-state index is 0.331. The van der Waals surface area contributed by atoms with E-state index in [0.29, 0.717) is 17.2 Å². The fourth-order valence-electron chi connectivity index (χ4n) is 5.17. The van der Waals surface area contributed by atoms with Crippen LogP contribution in [0.3, 0.4) is 0 Å². The molecule has 0 atom stereocenters. The Morgan fingerprint density at radius 3 is 1.11 bits per heavy atom. The number of benzene rings is 2. The van der Waals surface area contributed by atoms with Gasteiger partial charge in [0.25, 0.3) is 0 Å². The third-order valence-electron chi connectivity index (χ3n) is 7.37. The Labute approximate surface area is 229 Å². The van der Waals surface area contributed by atoms with Crippen molar-refractivity contribution in [1.29, 1.82) is 0 Å². The largest absolute Gasteiger partial charge is 0.478 e. The average molecular weight is 525 g/mol. The van der Waals surface area contributed by atoms with Crippen LogP contribution in [-0.2, 0) is 0 Å². The van der Waals surface area contributed by atoms with E-state index < -0.39 is 11.9 Å². The molecule has 6 nitrogen and oxygen atoms in total. The number of hydrogen-bond donors (Lipinski definition) is 4.